The number of halogens is 1. The van der Waals surface area contributed by atoms with E-state index in [0.29, 0.717) is 6.42 Å². The Labute approximate surface area is 179 Å². The van der Waals surface area contributed by atoms with Crippen molar-refractivity contribution < 1.29 is 9.08 Å². The molecule has 0 unspecified atom stereocenters. The highest BCUT2D eigenvalue weighted by Gasteiger charge is 2.00. The Morgan fingerprint density at radius 3 is 1.46 bits per heavy atom. The summed E-state index contributed by atoms with van der Waals surface area (Å²) in [4.78, 5) is 10.8. The zero-order chi connectivity index (χ0) is 20.5. The van der Waals surface area contributed by atoms with Crippen molar-refractivity contribution in [2.75, 3.05) is 0 Å². The van der Waals surface area contributed by atoms with Crippen molar-refractivity contribution in [3.63, 3.8) is 0 Å². The molecule has 0 saturated heterocycles. The molecule has 2 nitrogen and oxygen atoms in total. The van der Waals surface area contributed by atoms with Crippen molar-refractivity contribution >= 4 is 17.8 Å². The molecule has 0 aromatic rings. The molecule has 0 aliphatic rings. The maximum atomic E-state index is 10.8. The molecule has 0 rings (SSSR count). The maximum Gasteiger partial charge on any atom is 0.324 e. The molecule has 3 heteroatoms. The van der Waals surface area contributed by atoms with E-state index in [2.05, 4.69) is 34.9 Å². The molecule has 0 radical (unpaired) electrons. The van der Waals surface area contributed by atoms with Crippen LogP contribution in [0.2, 0.25) is 0 Å². The van der Waals surface area contributed by atoms with E-state index in [4.69, 9.17) is 11.9 Å². The first-order valence-corrected chi connectivity index (χ1v) is 11.9. The number of hydrogen-bond acceptors (Lipinski definition) is 2. The minimum absolute atomic E-state index is 0.328. The maximum absolute atomic E-state index is 10.8. The van der Waals surface area contributed by atoms with Gasteiger partial charge in [0, 0.05) is 19.3 Å². The van der Waals surface area contributed by atoms with Crippen molar-refractivity contribution in [3.05, 3.63) is 0 Å². The summed E-state index contributed by atoms with van der Waals surface area (Å²) in [5, 5.41) is 0. The van der Waals surface area contributed by atoms with E-state index >= 15 is 0 Å². The van der Waals surface area contributed by atoms with Crippen LogP contribution in [0.15, 0.2) is 0 Å². The van der Waals surface area contributed by atoms with Crippen LogP contribution in [-0.4, -0.2) is 5.97 Å². The fraction of sp³-hybridized carbons (Fsp3) is 0.800. The van der Waals surface area contributed by atoms with Crippen molar-refractivity contribution in [1.82, 2.24) is 0 Å². The molecule has 0 heterocycles. The van der Waals surface area contributed by atoms with E-state index in [0.717, 1.165) is 38.5 Å². The molecule has 0 spiro atoms. The molecule has 0 N–H and O–H groups in total. The summed E-state index contributed by atoms with van der Waals surface area (Å²) < 4.78 is 4.10. The van der Waals surface area contributed by atoms with Crippen LogP contribution in [0.1, 0.15) is 129 Å². The summed E-state index contributed by atoms with van der Waals surface area (Å²) in [6.07, 6.45) is 22.6. The van der Waals surface area contributed by atoms with E-state index in [9.17, 15) is 4.79 Å². The first-order chi connectivity index (χ1) is 13.8. The third kappa shape index (κ3) is 22.9. The van der Waals surface area contributed by atoms with Crippen LogP contribution in [0.5, 0.6) is 0 Å². The Kier molecular flexibility index (Phi) is 23.0. The zero-order valence-corrected chi connectivity index (χ0v) is 18.9. The molecule has 0 aromatic heterocycles. The van der Waals surface area contributed by atoms with Crippen molar-refractivity contribution in [2.24, 2.45) is 0 Å². The van der Waals surface area contributed by atoms with Gasteiger partial charge in [-0.1, -0.05) is 102 Å². The van der Waals surface area contributed by atoms with Crippen LogP contribution < -0.4 is 0 Å². The molecule has 0 amide bonds. The van der Waals surface area contributed by atoms with Gasteiger partial charge in [0.25, 0.3) is 0 Å². The predicted molar refractivity (Wildman–Crippen MR) is 121 cm³/mol. The van der Waals surface area contributed by atoms with Gasteiger partial charge in [-0.15, -0.1) is 0 Å². The van der Waals surface area contributed by atoms with E-state index < -0.39 is 0 Å². The number of unbranched alkanes of at least 4 members (excludes halogenated alkanes) is 16. The smallest absolute Gasteiger partial charge is 0.324 e. The average molecular weight is 409 g/mol. The average Bonchev–Trinajstić information content (AvgIpc) is 2.71. The summed E-state index contributed by atoms with van der Waals surface area (Å²) in [5.74, 6) is 12.0. The Morgan fingerprint density at radius 1 is 0.643 bits per heavy atom. The molecule has 0 bridgehead atoms. The lowest BCUT2D eigenvalue weighted by atomic mass is 10.1. The van der Waals surface area contributed by atoms with Crippen LogP contribution in [-0.2, 0) is 9.08 Å². The van der Waals surface area contributed by atoms with Crippen LogP contribution >= 0.6 is 11.9 Å². The van der Waals surface area contributed by atoms with E-state index in [1.165, 1.54) is 77.0 Å². The monoisotopic (exact) mass is 408 g/mol. The number of carbonyl (C=O) groups excluding carboxylic acids is 1. The number of carbonyl (C=O) groups is 1. The van der Waals surface area contributed by atoms with Crippen LogP contribution in [0.25, 0.3) is 0 Å². The third-order valence-corrected chi connectivity index (χ3v) is 5.09. The van der Waals surface area contributed by atoms with Crippen LogP contribution in [0.3, 0.4) is 0 Å². The zero-order valence-electron chi connectivity index (χ0n) is 18.1. The fourth-order valence-electron chi connectivity index (χ4n) is 3.14. The number of rotatable bonds is 18. The SMILES string of the molecule is CCCCCCCCCCCCC#CC#CCCCCCCCCC(=O)OCl. The van der Waals surface area contributed by atoms with Crippen molar-refractivity contribution in [1.29, 1.82) is 0 Å². The summed E-state index contributed by atoms with van der Waals surface area (Å²) in [6, 6.07) is 0. The molecule has 0 atom stereocenters. The highest BCUT2D eigenvalue weighted by molar-refractivity contribution is 6.13. The molecular formula is C25H41ClO2. The van der Waals surface area contributed by atoms with Gasteiger partial charge in [0.1, 0.15) is 11.9 Å². The van der Waals surface area contributed by atoms with Gasteiger partial charge in [0.2, 0.25) is 0 Å². The molecule has 0 saturated carbocycles. The second-order valence-corrected chi connectivity index (χ2v) is 7.76. The standard InChI is InChI=1S/C25H41ClO2/c1-2-3-4-5-6-7-8-9-10-11-12-13-14-15-16-17-18-19-20-21-22-23-24-25(27)28-26/h2-12,17-24H2,1H3. The predicted octanol–water partition coefficient (Wildman–Crippen LogP) is 8.12. The van der Waals surface area contributed by atoms with Gasteiger partial charge in [0.05, 0.1) is 0 Å². The lowest BCUT2D eigenvalue weighted by Crippen LogP contribution is -1.95. The Hall–Kier alpha value is -1.12. The Balaban J connectivity index is 3.26. The largest absolute Gasteiger partial charge is 0.348 e. The minimum Gasteiger partial charge on any atom is -0.348 e. The van der Waals surface area contributed by atoms with E-state index in [-0.39, 0.29) is 5.97 Å². The lowest BCUT2D eigenvalue weighted by Gasteiger charge is -2.00. The normalized spacial score (nSPS) is 9.93. The summed E-state index contributed by atoms with van der Waals surface area (Å²) in [5.41, 5.74) is 0. The van der Waals surface area contributed by atoms with Crippen LogP contribution in [0, 0.1) is 23.7 Å². The summed E-state index contributed by atoms with van der Waals surface area (Å²) in [7, 11) is 0. The second-order valence-electron chi connectivity index (χ2n) is 7.61. The van der Waals surface area contributed by atoms with Gasteiger partial charge in [-0.3, -0.25) is 4.79 Å². The van der Waals surface area contributed by atoms with Gasteiger partial charge in [-0.2, -0.15) is 0 Å². The van der Waals surface area contributed by atoms with E-state index in [1.807, 2.05) is 0 Å². The van der Waals surface area contributed by atoms with Gasteiger partial charge in [-0.05, 0) is 31.1 Å². The quantitative estimate of drug-likeness (QED) is 0.169. The summed E-state index contributed by atoms with van der Waals surface area (Å²) in [6.45, 7) is 2.27. The van der Waals surface area contributed by atoms with E-state index in [1.54, 1.807) is 0 Å². The Morgan fingerprint density at radius 2 is 1.04 bits per heavy atom. The lowest BCUT2D eigenvalue weighted by molar-refractivity contribution is -0.134. The topological polar surface area (TPSA) is 26.3 Å². The fourth-order valence-corrected chi connectivity index (χ4v) is 3.22. The van der Waals surface area contributed by atoms with Gasteiger partial charge >= 0.3 is 5.97 Å². The second kappa shape index (κ2) is 23.9. The van der Waals surface area contributed by atoms with Gasteiger partial charge in [-0.25, -0.2) is 0 Å². The molecular weight excluding hydrogens is 368 g/mol. The molecule has 0 aliphatic heterocycles. The number of hydrogen-bond donors (Lipinski definition) is 0. The third-order valence-electron chi connectivity index (χ3n) is 4.91. The summed E-state index contributed by atoms with van der Waals surface area (Å²) >= 11 is 4.98. The molecule has 160 valence electrons. The highest BCUT2D eigenvalue weighted by Crippen LogP contribution is 2.11. The van der Waals surface area contributed by atoms with Crippen molar-refractivity contribution in [2.45, 2.75) is 129 Å². The minimum atomic E-state index is -0.328. The molecule has 0 fully saturated rings. The van der Waals surface area contributed by atoms with Gasteiger partial charge in [0.15, 0.2) is 0 Å². The molecule has 0 aromatic carbocycles. The first kappa shape index (κ1) is 26.9. The van der Waals surface area contributed by atoms with Crippen LogP contribution in [0.4, 0.5) is 0 Å². The molecule has 28 heavy (non-hydrogen) atoms. The van der Waals surface area contributed by atoms with Crippen molar-refractivity contribution in [3.8, 4) is 23.7 Å². The highest BCUT2D eigenvalue weighted by atomic mass is 35.5. The Bertz CT molecular complexity index is 464. The molecule has 0 aliphatic carbocycles. The van der Waals surface area contributed by atoms with Gasteiger partial charge < -0.3 is 4.29 Å². The first-order valence-electron chi connectivity index (χ1n) is 11.6.